The highest BCUT2D eigenvalue weighted by Gasteiger charge is 2.09. The van der Waals surface area contributed by atoms with Crippen LogP contribution in [0.3, 0.4) is 0 Å². The fourth-order valence-corrected chi connectivity index (χ4v) is 2.89. The summed E-state index contributed by atoms with van der Waals surface area (Å²) in [6.07, 6.45) is 1.74. The molecule has 0 saturated carbocycles. The maximum Gasteiger partial charge on any atom is 0.247 e. The Morgan fingerprint density at radius 3 is 2.26 bits per heavy atom. The number of primary sulfonamides is 1. The van der Waals surface area contributed by atoms with Crippen molar-refractivity contribution < 1.29 is 22.7 Å². The molecule has 0 heterocycles. The summed E-state index contributed by atoms with van der Waals surface area (Å²) in [5.41, 5.74) is 2.08. The van der Waals surface area contributed by atoms with Crippen molar-refractivity contribution >= 4 is 22.0 Å². The number of nitrogens with one attached hydrogen (secondary N) is 1. The topological polar surface area (TPSA) is 108 Å². The minimum Gasteiger partial charge on any atom is -0.493 e. The Labute approximate surface area is 158 Å². The first-order valence-corrected chi connectivity index (χ1v) is 9.59. The molecule has 0 aliphatic rings. The van der Waals surface area contributed by atoms with Crippen LogP contribution in [0.5, 0.6) is 11.5 Å². The van der Waals surface area contributed by atoms with E-state index in [1.807, 2.05) is 6.07 Å². The zero-order valence-corrected chi connectivity index (χ0v) is 16.2. The van der Waals surface area contributed by atoms with E-state index < -0.39 is 10.0 Å². The van der Waals surface area contributed by atoms with E-state index in [-0.39, 0.29) is 17.3 Å². The number of hydrogen-bond donors (Lipinski definition) is 2. The predicted molar refractivity (Wildman–Crippen MR) is 103 cm³/mol. The molecule has 2 aromatic carbocycles. The molecular weight excluding hydrogens is 368 g/mol. The zero-order chi connectivity index (χ0) is 20.0. The van der Waals surface area contributed by atoms with Crippen molar-refractivity contribution in [3.05, 3.63) is 59.2 Å². The molecule has 7 nitrogen and oxygen atoms in total. The molecule has 0 spiro atoms. The largest absolute Gasteiger partial charge is 0.493 e. The van der Waals surface area contributed by atoms with Gasteiger partial charge in [-0.15, -0.1) is 0 Å². The zero-order valence-electron chi connectivity index (χ0n) is 15.4. The summed E-state index contributed by atoms with van der Waals surface area (Å²) >= 11 is 0. The highest BCUT2D eigenvalue weighted by atomic mass is 32.2. The standard InChI is InChI=1S/C19H22N2O5S/c1-13(10-15-6-9-17(25-2)18(11-15)26-3)19(22)21-12-14-4-7-16(8-5-14)27(20,23)24/h4-11H,12H2,1-3H3,(H,21,22)(H2,20,23,24)/b13-10+. The van der Waals surface area contributed by atoms with Gasteiger partial charge in [-0.3, -0.25) is 4.79 Å². The Balaban J connectivity index is 2.04. The van der Waals surface area contributed by atoms with Crippen LogP contribution in [0.25, 0.3) is 6.08 Å². The van der Waals surface area contributed by atoms with E-state index in [1.165, 1.54) is 12.1 Å². The van der Waals surface area contributed by atoms with Gasteiger partial charge >= 0.3 is 0 Å². The lowest BCUT2D eigenvalue weighted by atomic mass is 10.1. The van der Waals surface area contributed by atoms with Crippen LogP contribution >= 0.6 is 0 Å². The van der Waals surface area contributed by atoms with Crippen LogP contribution in [0.15, 0.2) is 52.9 Å². The monoisotopic (exact) mass is 390 g/mol. The molecule has 0 aromatic heterocycles. The van der Waals surface area contributed by atoms with Crippen LogP contribution in [-0.4, -0.2) is 28.5 Å². The summed E-state index contributed by atoms with van der Waals surface area (Å²) in [6, 6.07) is 11.4. The van der Waals surface area contributed by atoms with Crippen molar-refractivity contribution in [1.82, 2.24) is 5.32 Å². The second kappa shape index (κ2) is 8.70. The summed E-state index contributed by atoms with van der Waals surface area (Å²) in [5.74, 6) is 0.953. The number of hydrogen-bond acceptors (Lipinski definition) is 5. The van der Waals surface area contributed by atoms with Crippen molar-refractivity contribution in [2.45, 2.75) is 18.4 Å². The number of nitrogens with two attached hydrogens (primary N) is 1. The smallest absolute Gasteiger partial charge is 0.247 e. The Morgan fingerprint density at radius 1 is 1.07 bits per heavy atom. The van der Waals surface area contributed by atoms with Crippen LogP contribution in [-0.2, 0) is 21.4 Å². The van der Waals surface area contributed by atoms with Crippen LogP contribution in [0, 0.1) is 0 Å². The molecule has 0 aliphatic heterocycles. The Bertz CT molecular complexity index is 951. The van der Waals surface area contributed by atoms with Gasteiger partial charge in [-0.2, -0.15) is 0 Å². The first-order valence-electron chi connectivity index (χ1n) is 8.05. The second-order valence-electron chi connectivity index (χ2n) is 5.81. The van der Waals surface area contributed by atoms with E-state index in [2.05, 4.69) is 5.32 Å². The van der Waals surface area contributed by atoms with E-state index in [1.54, 1.807) is 51.5 Å². The molecule has 2 rings (SSSR count). The summed E-state index contributed by atoms with van der Waals surface area (Å²) < 4.78 is 32.9. The van der Waals surface area contributed by atoms with Crippen LogP contribution in [0.2, 0.25) is 0 Å². The van der Waals surface area contributed by atoms with Crippen molar-refractivity contribution in [3.63, 3.8) is 0 Å². The van der Waals surface area contributed by atoms with Gasteiger partial charge in [0, 0.05) is 12.1 Å². The van der Waals surface area contributed by atoms with E-state index in [0.717, 1.165) is 11.1 Å². The number of ether oxygens (including phenoxy) is 2. The Kier molecular flexibility index (Phi) is 6.59. The van der Waals surface area contributed by atoms with Crippen LogP contribution < -0.4 is 19.9 Å². The minimum absolute atomic E-state index is 0.0297. The highest BCUT2D eigenvalue weighted by Crippen LogP contribution is 2.28. The number of carbonyl (C=O) groups excluding carboxylic acids is 1. The van der Waals surface area contributed by atoms with Gasteiger partial charge in [0.1, 0.15) is 0 Å². The van der Waals surface area contributed by atoms with E-state index in [4.69, 9.17) is 14.6 Å². The van der Waals surface area contributed by atoms with Crippen molar-refractivity contribution in [2.75, 3.05) is 14.2 Å². The molecule has 0 saturated heterocycles. The molecule has 2 aromatic rings. The molecule has 0 fully saturated rings. The second-order valence-corrected chi connectivity index (χ2v) is 7.37. The molecule has 0 aliphatic carbocycles. The average Bonchev–Trinajstić information content (AvgIpc) is 2.65. The highest BCUT2D eigenvalue weighted by molar-refractivity contribution is 7.89. The van der Waals surface area contributed by atoms with Gasteiger partial charge in [0.05, 0.1) is 19.1 Å². The van der Waals surface area contributed by atoms with Crippen LogP contribution in [0.1, 0.15) is 18.1 Å². The van der Waals surface area contributed by atoms with Gasteiger partial charge in [0.25, 0.3) is 0 Å². The van der Waals surface area contributed by atoms with E-state index in [9.17, 15) is 13.2 Å². The maximum absolute atomic E-state index is 12.3. The van der Waals surface area contributed by atoms with E-state index >= 15 is 0 Å². The Morgan fingerprint density at radius 2 is 1.70 bits per heavy atom. The van der Waals surface area contributed by atoms with E-state index in [0.29, 0.717) is 17.1 Å². The minimum atomic E-state index is -3.73. The summed E-state index contributed by atoms with van der Waals surface area (Å²) in [7, 11) is -0.621. The lowest BCUT2D eigenvalue weighted by Gasteiger charge is -2.09. The normalized spacial score (nSPS) is 11.8. The fraction of sp³-hybridized carbons (Fsp3) is 0.211. The number of methoxy groups -OCH3 is 2. The molecule has 0 unspecified atom stereocenters. The lowest BCUT2D eigenvalue weighted by Crippen LogP contribution is -2.23. The van der Waals surface area contributed by atoms with Gasteiger partial charge in [-0.05, 0) is 48.4 Å². The maximum atomic E-state index is 12.3. The fourth-order valence-electron chi connectivity index (χ4n) is 2.38. The van der Waals surface area contributed by atoms with Crippen molar-refractivity contribution in [2.24, 2.45) is 5.14 Å². The molecular formula is C19H22N2O5S. The third kappa shape index (κ3) is 5.57. The first-order chi connectivity index (χ1) is 12.7. The van der Waals surface area contributed by atoms with Crippen molar-refractivity contribution in [1.29, 1.82) is 0 Å². The molecule has 3 N–H and O–H groups in total. The van der Waals surface area contributed by atoms with Crippen LogP contribution in [0.4, 0.5) is 0 Å². The molecule has 0 atom stereocenters. The van der Waals surface area contributed by atoms with Gasteiger partial charge in [-0.1, -0.05) is 18.2 Å². The average molecular weight is 390 g/mol. The van der Waals surface area contributed by atoms with Crippen molar-refractivity contribution in [3.8, 4) is 11.5 Å². The van der Waals surface area contributed by atoms with Gasteiger partial charge in [0.15, 0.2) is 11.5 Å². The number of carbonyl (C=O) groups is 1. The molecule has 1 amide bonds. The molecule has 8 heteroatoms. The van der Waals surface area contributed by atoms with Gasteiger partial charge in [0.2, 0.25) is 15.9 Å². The number of benzene rings is 2. The Hall–Kier alpha value is -2.84. The molecule has 144 valence electrons. The third-order valence-electron chi connectivity index (χ3n) is 3.85. The summed E-state index contributed by atoms with van der Waals surface area (Å²) in [4.78, 5) is 12.3. The number of amides is 1. The molecule has 0 radical (unpaired) electrons. The van der Waals surface area contributed by atoms with Gasteiger partial charge < -0.3 is 14.8 Å². The SMILES string of the molecule is COc1ccc(/C=C(\C)C(=O)NCc2ccc(S(N)(=O)=O)cc2)cc1OC. The number of sulfonamides is 1. The summed E-state index contributed by atoms with van der Waals surface area (Å²) in [6.45, 7) is 1.97. The molecule has 0 bridgehead atoms. The van der Waals surface area contributed by atoms with Gasteiger partial charge in [-0.25, -0.2) is 13.6 Å². The third-order valence-corrected chi connectivity index (χ3v) is 4.78. The predicted octanol–water partition coefficient (Wildman–Crippen LogP) is 2.07. The quantitative estimate of drug-likeness (QED) is 0.704. The first kappa shape index (κ1) is 20.5. The lowest BCUT2D eigenvalue weighted by molar-refractivity contribution is -0.117. The molecule has 27 heavy (non-hydrogen) atoms. The number of rotatable bonds is 7. The summed E-state index contributed by atoms with van der Waals surface area (Å²) in [5, 5.41) is 7.84.